The predicted molar refractivity (Wildman–Crippen MR) is 80.5 cm³/mol. The van der Waals surface area contributed by atoms with Crippen LogP contribution in [-0.4, -0.2) is 41.7 Å². The molecule has 2 heterocycles. The molecule has 1 N–H and O–H groups in total. The van der Waals surface area contributed by atoms with Gasteiger partial charge in [0.25, 0.3) is 0 Å². The van der Waals surface area contributed by atoms with Gasteiger partial charge in [0.05, 0.1) is 5.41 Å². The van der Waals surface area contributed by atoms with Crippen LogP contribution in [0.4, 0.5) is 0 Å². The maximum Gasteiger partial charge on any atom is 0.311 e. The van der Waals surface area contributed by atoms with Crippen molar-refractivity contribution in [2.75, 3.05) is 19.6 Å². The molecule has 4 nitrogen and oxygen atoms in total. The summed E-state index contributed by atoms with van der Waals surface area (Å²) in [6, 6.07) is 8.14. The number of hydrogen-bond donors (Lipinski definition) is 1. The minimum absolute atomic E-state index is 0.152. The Hall–Kier alpha value is -1.55. The van der Waals surface area contributed by atoms with Gasteiger partial charge >= 0.3 is 5.97 Å². The zero-order chi connectivity index (χ0) is 15.0. The number of carboxylic acid groups (broad SMARTS) is 1. The van der Waals surface area contributed by atoms with E-state index in [4.69, 9.17) is 4.74 Å². The zero-order valence-electron chi connectivity index (χ0n) is 12.7. The molecule has 1 aromatic rings. The summed E-state index contributed by atoms with van der Waals surface area (Å²) in [5.74, 6) is 0.479. The van der Waals surface area contributed by atoms with Crippen LogP contribution in [0.25, 0.3) is 0 Å². The Morgan fingerprint density at radius 2 is 2.24 bits per heavy atom. The molecule has 2 atom stereocenters. The SMILES string of the molecule is CC(C)C1(C(=O)O)CCN(CC2Cc3ccccc3O2)C1. The second kappa shape index (κ2) is 5.34. The van der Waals surface area contributed by atoms with Gasteiger partial charge in [-0.15, -0.1) is 0 Å². The minimum atomic E-state index is -0.657. The van der Waals surface area contributed by atoms with Gasteiger partial charge in [-0.1, -0.05) is 32.0 Å². The van der Waals surface area contributed by atoms with Crippen molar-refractivity contribution in [1.29, 1.82) is 0 Å². The Kier molecular flexibility index (Phi) is 3.66. The van der Waals surface area contributed by atoms with Gasteiger partial charge in [-0.2, -0.15) is 0 Å². The van der Waals surface area contributed by atoms with Crippen molar-refractivity contribution < 1.29 is 14.6 Å². The van der Waals surface area contributed by atoms with E-state index < -0.39 is 11.4 Å². The number of benzene rings is 1. The number of carboxylic acids is 1. The van der Waals surface area contributed by atoms with E-state index in [1.807, 2.05) is 32.0 Å². The number of likely N-dealkylation sites (tertiary alicyclic amines) is 1. The molecule has 114 valence electrons. The van der Waals surface area contributed by atoms with Crippen LogP contribution in [0.1, 0.15) is 25.8 Å². The summed E-state index contributed by atoms with van der Waals surface area (Å²) >= 11 is 0. The molecule has 0 bridgehead atoms. The molecule has 2 unspecified atom stereocenters. The van der Waals surface area contributed by atoms with Gasteiger partial charge in [-0.05, 0) is 30.5 Å². The molecule has 0 amide bonds. The lowest BCUT2D eigenvalue weighted by molar-refractivity contribution is -0.151. The van der Waals surface area contributed by atoms with Crippen molar-refractivity contribution >= 4 is 5.97 Å². The molecule has 1 saturated heterocycles. The maximum absolute atomic E-state index is 11.7. The monoisotopic (exact) mass is 289 g/mol. The van der Waals surface area contributed by atoms with E-state index in [-0.39, 0.29) is 12.0 Å². The first-order chi connectivity index (χ1) is 10.0. The summed E-state index contributed by atoms with van der Waals surface area (Å²) in [5, 5.41) is 9.60. The summed E-state index contributed by atoms with van der Waals surface area (Å²) in [5.41, 5.74) is 0.667. The van der Waals surface area contributed by atoms with Crippen LogP contribution in [0.5, 0.6) is 5.75 Å². The second-order valence-corrected chi connectivity index (χ2v) is 6.65. The van der Waals surface area contributed by atoms with Crippen LogP contribution < -0.4 is 4.74 Å². The fraction of sp³-hybridized carbons (Fsp3) is 0.588. The van der Waals surface area contributed by atoms with Gasteiger partial charge < -0.3 is 9.84 Å². The van der Waals surface area contributed by atoms with Gasteiger partial charge in [0.15, 0.2) is 0 Å². The molecule has 21 heavy (non-hydrogen) atoms. The van der Waals surface area contributed by atoms with Crippen LogP contribution in [0.3, 0.4) is 0 Å². The second-order valence-electron chi connectivity index (χ2n) is 6.65. The van der Waals surface area contributed by atoms with Crippen molar-refractivity contribution in [3.63, 3.8) is 0 Å². The number of nitrogens with zero attached hydrogens (tertiary/aromatic N) is 1. The highest BCUT2D eigenvalue weighted by Gasteiger charge is 2.47. The van der Waals surface area contributed by atoms with Crippen LogP contribution in [0.15, 0.2) is 24.3 Å². The zero-order valence-corrected chi connectivity index (χ0v) is 12.7. The Morgan fingerprint density at radius 1 is 1.48 bits per heavy atom. The Bertz CT molecular complexity index is 518. The number of hydrogen-bond acceptors (Lipinski definition) is 3. The molecule has 0 aliphatic carbocycles. The van der Waals surface area contributed by atoms with E-state index in [9.17, 15) is 9.90 Å². The van der Waals surface area contributed by atoms with Crippen molar-refractivity contribution in [3.05, 3.63) is 29.8 Å². The van der Waals surface area contributed by atoms with E-state index in [0.717, 1.165) is 31.7 Å². The predicted octanol–water partition coefficient (Wildman–Crippen LogP) is 2.42. The fourth-order valence-corrected chi connectivity index (χ4v) is 3.61. The van der Waals surface area contributed by atoms with E-state index in [1.165, 1.54) is 5.56 Å². The average Bonchev–Trinajstić information content (AvgIpc) is 3.02. The lowest BCUT2D eigenvalue weighted by Crippen LogP contribution is -2.41. The molecule has 3 rings (SSSR count). The van der Waals surface area contributed by atoms with Gasteiger partial charge in [0, 0.05) is 19.5 Å². The number of aliphatic carboxylic acids is 1. The molecule has 0 saturated carbocycles. The molecular formula is C17H23NO3. The summed E-state index contributed by atoms with van der Waals surface area (Å²) < 4.78 is 5.97. The van der Waals surface area contributed by atoms with Gasteiger partial charge in [0.2, 0.25) is 0 Å². The third-order valence-electron chi connectivity index (χ3n) is 5.09. The first-order valence-electron chi connectivity index (χ1n) is 7.71. The highest BCUT2D eigenvalue weighted by atomic mass is 16.5. The third kappa shape index (κ3) is 2.53. The average molecular weight is 289 g/mol. The molecule has 4 heteroatoms. The molecule has 1 aromatic carbocycles. The smallest absolute Gasteiger partial charge is 0.311 e. The van der Waals surface area contributed by atoms with Gasteiger partial charge in [-0.25, -0.2) is 0 Å². The Morgan fingerprint density at radius 3 is 2.86 bits per heavy atom. The lowest BCUT2D eigenvalue weighted by atomic mass is 9.76. The third-order valence-corrected chi connectivity index (χ3v) is 5.09. The highest BCUT2D eigenvalue weighted by molar-refractivity contribution is 5.75. The molecule has 0 aromatic heterocycles. The number of rotatable bonds is 4. The largest absolute Gasteiger partial charge is 0.488 e. The van der Waals surface area contributed by atoms with Crippen molar-refractivity contribution in [2.24, 2.45) is 11.3 Å². The fourth-order valence-electron chi connectivity index (χ4n) is 3.61. The Balaban J connectivity index is 1.63. The topological polar surface area (TPSA) is 49.8 Å². The quantitative estimate of drug-likeness (QED) is 0.925. The molecule has 2 aliphatic heterocycles. The summed E-state index contributed by atoms with van der Waals surface area (Å²) in [4.78, 5) is 13.9. The molecule has 0 spiro atoms. The van der Waals surface area contributed by atoms with Crippen LogP contribution >= 0.6 is 0 Å². The first kappa shape index (κ1) is 14.4. The summed E-state index contributed by atoms with van der Waals surface area (Å²) in [7, 11) is 0. The summed E-state index contributed by atoms with van der Waals surface area (Å²) in [6.45, 7) is 6.33. The number of fused-ring (bicyclic) bond motifs is 1. The molecule has 0 radical (unpaired) electrons. The number of para-hydroxylation sites is 1. The van der Waals surface area contributed by atoms with E-state index in [2.05, 4.69) is 11.0 Å². The number of carbonyl (C=O) groups is 1. The van der Waals surface area contributed by atoms with Crippen molar-refractivity contribution in [1.82, 2.24) is 4.90 Å². The van der Waals surface area contributed by atoms with Crippen LogP contribution in [0, 0.1) is 11.3 Å². The normalized spacial score (nSPS) is 28.6. The van der Waals surface area contributed by atoms with Crippen LogP contribution in [-0.2, 0) is 11.2 Å². The molecule has 1 fully saturated rings. The van der Waals surface area contributed by atoms with Crippen LogP contribution in [0.2, 0.25) is 0 Å². The maximum atomic E-state index is 11.7. The molecular weight excluding hydrogens is 266 g/mol. The summed E-state index contributed by atoms with van der Waals surface area (Å²) in [6.07, 6.45) is 1.81. The Labute approximate surface area is 125 Å². The van der Waals surface area contributed by atoms with Gasteiger partial charge in [-0.3, -0.25) is 9.69 Å². The van der Waals surface area contributed by atoms with Crippen molar-refractivity contribution in [3.8, 4) is 5.75 Å². The van der Waals surface area contributed by atoms with Gasteiger partial charge in [0.1, 0.15) is 11.9 Å². The standard InChI is InChI=1S/C17H23NO3/c1-12(2)17(16(19)20)7-8-18(11-17)10-14-9-13-5-3-4-6-15(13)21-14/h3-6,12,14H,7-11H2,1-2H3,(H,19,20). The lowest BCUT2D eigenvalue weighted by Gasteiger charge is -2.29. The minimum Gasteiger partial charge on any atom is -0.488 e. The van der Waals surface area contributed by atoms with Crippen molar-refractivity contribution in [2.45, 2.75) is 32.8 Å². The number of ether oxygens (including phenoxy) is 1. The van der Waals surface area contributed by atoms with E-state index in [0.29, 0.717) is 6.54 Å². The van der Waals surface area contributed by atoms with E-state index >= 15 is 0 Å². The first-order valence-corrected chi connectivity index (χ1v) is 7.71. The van der Waals surface area contributed by atoms with E-state index in [1.54, 1.807) is 0 Å². The molecule has 2 aliphatic rings. The highest BCUT2D eigenvalue weighted by Crippen LogP contribution is 2.39.